The molecule has 0 radical (unpaired) electrons. The second-order valence-electron chi connectivity index (χ2n) is 6.67. The SMILES string of the molecule is CCCCOC(=O)C(OCC(=O)c1cccc(Oc2ccc(C(F)(F)F)cc2Cl)c1)[N+](=O)[O-]. The van der Waals surface area contributed by atoms with Gasteiger partial charge >= 0.3 is 18.4 Å². The molecule has 178 valence electrons. The predicted octanol–water partition coefficient (Wildman–Crippen LogP) is 5.30. The number of carbonyl (C=O) groups is 2. The molecule has 12 heteroatoms. The van der Waals surface area contributed by atoms with E-state index >= 15 is 0 Å². The van der Waals surface area contributed by atoms with E-state index in [1.807, 2.05) is 6.92 Å². The summed E-state index contributed by atoms with van der Waals surface area (Å²) < 4.78 is 53.3. The van der Waals surface area contributed by atoms with Gasteiger partial charge in [0.15, 0.2) is 5.78 Å². The van der Waals surface area contributed by atoms with Crippen LogP contribution in [0.1, 0.15) is 35.7 Å². The van der Waals surface area contributed by atoms with Crippen molar-refractivity contribution < 1.29 is 41.9 Å². The molecule has 0 aliphatic carbocycles. The molecular weight excluding hydrogens is 471 g/mol. The quantitative estimate of drug-likeness (QED) is 0.105. The molecule has 0 amide bonds. The van der Waals surface area contributed by atoms with Gasteiger partial charge in [0, 0.05) is 5.56 Å². The molecule has 0 saturated carbocycles. The lowest BCUT2D eigenvalue weighted by Crippen LogP contribution is -2.35. The molecule has 0 aromatic heterocycles. The summed E-state index contributed by atoms with van der Waals surface area (Å²) in [4.78, 5) is 34.2. The van der Waals surface area contributed by atoms with Crippen LogP contribution < -0.4 is 4.74 Å². The highest BCUT2D eigenvalue weighted by molar-refractivity contribution is 6.32. The molecule has 0 bridgehead atoms. The Bertz CT molecular complexity index is 1010. The maximum absolute atomic E-state index is 12.8. The van der Waals surface area contributed by atoms with E-state index in [4.69, 9.17) is 25.8 Å². The van der Waals surface area contributed by atoms with Gasteiger partial charge in [-0.15, -0.1) is 0 Å². The standard InChI is InChI=1S/C21H19ClF3NO7/c1-2-3-9-31-20(28)19(26(29)30)32-12-17(27)13-5-4-6-15(10-13)33-18-8-7-14(11-16(18)22)21(23,24)25/h4-8,10-11,19H,2-3,9,12H2,1H3. The van der Waals surface area contributed by atoms with Crippen LogP contribution in [0.25, 0.3) is 0 Å². The number of Topliss-reactive ketones (excluding diaryl/α,β-unsaturated/α-hetero) is 1. The molecule has 1 unspecified atom stereocenters. The van der Waals surface area contributed by atoms with Gasteiger partial charge in [-0.1, -0.05) is 37.1 Å². The van der Waals surface area contributed by atoms with Crippen molar-refractivity contribution in [1.29, 1.82) is 0 Å². The van der Waals surface area contributed by atoms with Crippen LogP contribution in [-0.2, 0) is 20.4 Å². The van der Waals surface area contributed by atoms with E-state index in [1.165, 1.54) is 24.3 Å². The lowest BCUT2D eigenvalue weighted by atomic mass is 10.1. The zero-order chi connectivity index (χ0) is 24.6. The molecule has 8 nitrogen and oxygen atoms in total. The lowest BCUT2D eigenvalue weighted by molar-refractivity contribution is -0.560. The zero-order valence-corrected chi connectivity index (χ0v) is 18.0. The topological polar surface area (TPSA) is 105 Å². The Balaban J connectivity index is 2.05. The van der Waals surface area contributed by atoms with Crippen LogP contribution >= 0.6 is 11.6 Å². The van der Waals surface area contributed by atoms with E-state index < -0.39 is 41.3 Å². The lowest BCUT2D eigenvalue weighted by Gasteiger charge is -2.12. The highest BCUT2D eigenvalue weighted by Crippen LogP contribution is 2.36. The van der Waals surface area contributed by atoms with Crippen molar-refractivity contribution in [1.82, 2.24) is 0 Å². The highest BCUT2D eigenvalue weighted by atomic mass is 35.5. The number of alkyl halides is 3. The highest BCUT2D eigenvalue weighted by Gasteiger charge is 2.33. The normalized spacial score (nSPS) is 12.2. The van der Waals surface area contributed by atoms with Gasteiger partial charge in [0.25, 0.3) is 0 Å². The van der Waals surface area contributed by atoms with Crippen LogP contribution in [0.3, 0.4) is 0 Å². The number of unbranched alkanes of at least 4 members (excludes halogenated alkanes) is 1. The van der Waals surface area contributed by atoms with Crippen molar-refractivity contribution in [2.75, 3.05) is 13.2 Å². The monoisotopic (exact) mass is 489 g/mol. The third-order valence-corrected chi connectivity index (χ3v) is 4.45. The molecule has 0 aliphatic rings. The number of ether oxygens (including phenoxy) is 3. The second-order valence-corrected chi connectivity index (χ2v) is 7.07. The number of halogens is 4. The van der Waals surface area contributed by atoms with Crippen LogP contribution in [0.5, 0.6) is 11.5 Å². The van der Waals surface area contributed by atoms with Gasteiger partial charge in [0.1, 0.15) is 18.1 Å². The molecule has 2 rings (SSSR count). The Morgan fingerprint density at radius 2 is 1.91 bits per heavy atom. The predicted molar refractivity (Wildman–Crippen MR) is 110 cm³/mol. The van der Waals surface area contributed by atoms with Gasteiger partial charge in [0.05, 0.1) is 22.1 Å². The van der Waals surface area contributed by atoms with E-state index in [0.29, 0.717) is 18.9 Å². The number of esters is 1. The average molecular weight is 490 g/mol. The molecule has 33 heavy (non-hydrogen) atoms. The van der Waals surface area contributed by atoms with Gasteiger partial charge in [-0.25, -0.2) is 4.79 Å². The van der Waals surface area contributed by atoms with Crippen molar-refractivity contribution in [3.8, 4) is 11.5 Å². The van der Waals surface area contributed by atoms with E-state index in [9.17, 15) is 32.9 Å². The Morgan fingerprint density at radius 3 is 2.52 bits per heavy atom. The van der Waals surface area contributed by atoms with Crippen LogP contribution in [0, 0.1) is 10.1 Å². The molecule has 0 N–H and O–H groups in total. The van der Waals surface area contributed by atoms with Crippen molar-refractivity contribution in [2.24, 2.45) is 0 Å². The number of rotatable bonds is 11. The van der Waals surface area contributed by atoms with Crippen molar-refractivity contribution in [3.63, 3.8) is 0 Å². The van der Waals surface area contributed by atoms with Crippen LogP contribution in [0.2, 0.25) is 5.02 Å². The fourth-order valence-corrected chi connectivity index (χ4v) is 2.68. The summed E-state index contributed by atoms with van der Waals surface area (Å²) in [5.41, 5.74) is -0.925. The molecule has 1 atom stereocenters. The third kappa shape index (κ3) is 7.72. The van der Waals surface area contributed by atoms with Gasteiger partial charge in [-0.3, -0.25) is 19.6 Å². The van der Waals surface area contributed by atoms with Crippen LogP contribution in [0.4, 0.5) is 13.2 Å². The first-order valence-electron chi connectivity index (χ1n) is 9.62. The summed E-state index contributed by atoms with van der Waals surface area (Å²) in [7, 11) is 0. The number of ketones is 1. The molecule has 0 saturated heterocycles. The Hall–Kier alpha value is -3.18. The van der Waals surface area contributed by atoms with Crippen molar-refractivity contribution >= 4 is 23.4 Å². The first kappa shape index (κ1) is 26.1. The third-order valence-electron chi connectivity index (χ3n) is 4.15. The Kier molecular flexibility index (Phi) is 9.18. The Morgan fingerprint density at radius 1 is 1.18 bits per heavy atom. The summed E-state index contributed by atoms with van der Waals surface area (Å²) in [5.74, 6) is -1.91. The summed E-state index contributed by atoms with van der Waals surface area (Å²) in [6.07, 6.45) is -5.49. The maximum Gasteiger partial charge on any atom is 0.416 e. The van der Waals surface area contributed by atoms with E-state index in [0.717, 1.165) is 12.1 Å². The van der Waals surface area contributed by atoms with Crippen LogP contribution in [-0.4, -0.2) is 36.1 Å². The largest absolute Gasteiger partial charge is 0.459 e. The van der Waals surface area contributed by atoms with Gasteiger partial charge in [-0.2, -0.15) is 13.2 Å². The summed E-state index contributed by atoms with van der Waals surface area (Å²) >= 11 is 5.86. The maximum atomic E-state index is 12.8. The van der Waals surface area contributed by atoms with Crippen molar-refractivity contribution in [2.45, 2.75) is 32.2 Å². The molecule has 0 aliphatic heterocycles. The molecule has 0 spiro atoms. The van der Waals surface area contributed by atoms with Gasteiger partial charge < -0.3 is 9.47 Å². The molecule has 2 aromatic rings. The number of nitrogens with zero attached hydrogens (tertiary/aromatic N) is 1. The average Bonchev–Trinajstić information content (AvgIpc) is 2.74. The fraction of sp³-hybridized carbons (Fsp3) is 0.333. The van der Waals surface area contributed by atoms with Crippen molar-refractivity contribution in [3.05, 3.63) is 68.7 Å². The van der Waals surface area contributed by atoms with Gasteiger partial charge in [-0.05, 0) is 36.8 Å². The molecular formula is C21H19ClF3NO7. The Labute approximate surface area is 191 Å². The number of carbonyl (C=O) groups excluding carboxylic acids is 2. The molecule has 0 fully saturated rings. The number of hydrogen-bond acceptors (Lipinski definition) is 7. The molecule has 2 aromatic carbocycles. The van der Waals surface area contributed by atoms with Crippen LogP contribution in [0.15, 0.2) is 42.5 Å². The van der Waals surface area contributed by atoms with E-state index in [2.05, 4.69) is 0 Å². The van der Waals surface area contributed by atoms with E-state index in [-0.39, 0.29) is 28.7 Å². The molecule has 0 heterocycles. The summed E-state index contributed by atoms with van der Waals surface area (Å²) in [6.45, 7) is 1.04. The second kappa shape index (κ2) is 11.6. The number of benzene rings is 2. The minimum Gasteiger partial charge on any atom is -0.459 e. The minimum absolute atomic E-state index is 0.0110. The summed E-state index contributed by atoms with van der Waals surface area (Å²) in [6, 6.07) is 8.00. The van der Waals surface area contributed by atoms with E-state index in [1.54, 1.807) is 0 Å². The zero-order valence-electron chi connectivity index (χ0n) is 17.3. The first-order valence-corrected chi connectivity index (χ1v) is 10.00. The fourth-order valence-electron chi connectivity index (χ4n) is 2.46. The minimum atomic E-state index is -4.57. The summed E-state index contributed by atoms with van der Waals surface area (Å²) in [5, 5.41) is 10.8. The number of hydrogen-bond donors (Lipinski definition) is 0. The number of nitro groups is 1. The first-order chi connectivity index (χ1) is 15.5. The van der Waals surface area contributed by atoms with Gasteiger partial charge in [0.2, 0.25) is 0 Å². The smallest absolute Gasteiger partial charge is 0.416 e.